The monoisotopic (exact) mass is 324 g/mol. The molecule has 4 aromatic rings. The summed E-state index contributed by atoms with van der Waals surface area (Å²) in [5.41, 5.74) is 3.64. The molecular weight excluding hydrogens is 310 g/mol. The van der Waals surface area contributed by atoms with Gasteiger partial charge in [-0.25, -0.2) is 18.7 Å². The summed E-state index contributed by atoms with van der Waals surface area (Å²) < 4.78 is 28.8. The van der Waals surface area contributed by atoms with Gasteiger partial charge in [0.15, 0.2) is 11.6 Å². The van der Waals surface area contributed by atoms with Crippen LogP contribution in [0.3, 0.4) is 0 Å². The van der Waals surface area contributed by atoms with E-state index in [1.54, 1.807) is 12.3 Å². The van der Waals surface area contributed by atoms with Gasteiger partial charge in [0.25, 0.3) is 0 Å². The maximum atomic E-state index is 13.6. The van der Waals surface area contributed by atoms with Crippen LogP contribution >= 0.6 is 0 Å². The zero-order valence-corrected chi connectivity index (χ0v) is 12.9. The Kier molecular flexibility index (Phi) is 3.37. The van der Waals surface area contributed by atoms with Crippen LogP contribution in [0.2, 0.25) is 0 Å². The second kappa shape index (κ2) is 5.56. The lowest BCUT2D eigenvalue weighted by atomic mass is 10.1. The van der Waals surface area contributed by atoms with E-state index in [9.17, 15) is 8.78 Å². The van der Waals surface area contributed by atoms with Crippen molar-refractivity contribution >= 4 is 5.65 Å². The molecular formula is C18H14F2N4. The minimum Gasteiger partial charge on any atom is -0.341 e. The number of benzene rings is 1. The van der Waals surface area contributed by atoms with E-state index >= 15 is 0 Å². The normalized spacial score (nSPS) is 11.3. The average molecular weight is 324 g/mol. The minimum atomic E-state index is -0.879. The van der Waals surface area contributed by atoms with E-state index in [-0.39, 0.29) is 0 Å². The molecule has 0 atom stereocenters. The van der Waals surface area contributed by atoms with Crippen molar-refractivity contribution in [1.29, 1.82) is 0 Å². The van der Waals surface area contributed by atoms with Crippen molar-refractivity contribution in [3.8, 4) is 22.5 Å². The Morgan fingerprint density at radius 3 is 2.71 bits per heavy atom. The number of imidazole rings is 2. The lowest BCUT2D eigenvalue weighted by Gasteiger charge is -2.05. The fourth-order valence-corrected chi connectivity index (χ4v) is 2.72. The Morgan fingerprint density at radius 1 is 1.08 bits per heavy atom. The zero-order chi connectivity index (χ0) is 16.7. The standard InChI is InChI=1S/C18H14F2N4/c1-2-15-22-17(11-3-5-13(19)14(20)9-11)18(23-15)12-4-6-16-21-7-8-24(16)10-12/h3-10H,2H2,1H3,(H,22,23). The van der Waals surface area contributed by atoms with Crippen LogP contribution in [0.4, 0.5) is 8.78 Å². The maximum absolute atomic E-state index is 13.6. The summed E-state index contributed by atoms with van der Waals surface area (Å²) in [6.45, 7) is 1.98. The number of rotatable bonds is 3. The molecule has 1 N–H and O–H groups in total. The van der Waals surface area contributed by atoms with Crippen LogP contribution in [0.1, 0.15) is 12.7 Å². The fourth-order valence-electron chi connectivity index (χ4n) is 2.72. The van der Waals surface area contributed by atoms with Crippen molar-refractivity contribution in [2.75, 3.05) is 0 Å². The summed E-state index contributed by atoms with van der Waals surface area (Å²) in [7, 11) is 0. The molecule has 0 radical (unpaired) electrons. The van der Waals surface area contributed by atoms with Gasteiger partial charge in [-0.3, -0.25) is 0 Å². The fraction of sp³-hybridized carbons (Fsp3) is 0.111. The lowest BCUT2D eigenvalue weighted by Crippen LogP contribution is -1.90. The van der Waals surface area contributed by atoms with Crippen LogP contribution in [0.25, 0.3) is 28.2 Å². The summed E-state index contributed by atoms with van der Waals surface area (Å²) in [5.74, 6) is -0.956. The van der Waals surface area contributed by atoms with Gasteiger partial charge >= 0.3 is 0 Å². The first-order valence-electron chi connectivity index (χ1n) is 7.63. The molecule has 24 heavy (non-hydrogen) atoms. The number of nitrogens with zero attached hydrogens (tertiary/aromatic N) is 3. The van der Waals surface area contributed by atoms with E-state index in [0.29, 0.717) is 23.4 Å². The highest BCUT2D eigenvalue weighted by Crippen LogP contribution is 2.31. The van der Waals surface area contributed by atoms with Crippen molar-refractivity contribution in [2.24, 2.45) is 0 Å². The van der Waals surface area contributed by atoms with E-state index < -0.39 is 11.6 Å². The molecule has 0 aliphatic rings. The number of aromatic nitrogens is 4. The number of halogens is 2. The third-order valence-electron chi connectivity index (χ3n) is 3.96. The van der Waals surface area contributed by atoms with E-state index in [4.69, 9.17) is 0 Å². The molecule has 4 nitrogen and oxygen atoms in total. The molecule has 0 saturated heterocycles. The van der Waals surface area contributed by atoms with Crippen LogP contribution < -0.4 is 0 Å². The van der Waals surface area contributed by atoms with Crippen molar-refractivity contribution < 1.29 is 8.78 Å². The summed E-state index contributed by atoms with van der Waals surface area (Å²) in [6.07, 6.45) is 6.20. The third-order valence-corrected chi connectivity index (χ3v) is 3.96. The molecule has 0 amide bonds. The Bertz CT molecular complexity index is 1030. The Hall–Kier alpha value is -3.02. The van der Waals surface area contributed by atoms with Crippen LogP contribution in [0, 0.1) is 11.6 Å². The van der Waals surface area contributed by atoms with E-state index in [1.165, 1.54) is 6.07 Å². The predicted molar refractivity (Wildman–Crippen MR) is 87.5 cm³/mol. The highest BCUT2D eigenvalue weighted by Gasteiger charge is 2.15. The van der Waals surface area contributed by atoms with Gasteiger partial charge in [0.1, 0.15) is 11.5 Å². The average Bonchev–Trinajstić information content (AvgIpc) is 3.22. The van der Waals surface area contributed by atoms with Gasteiger partial charge in [-0.05, 0) is 30.3 Å². The van der Waals surface area contributed by atoms with Gasteiger partial charge in [0.2, 0.25) is 0 Å². The highest BCUT2D eigenvalue weighted by molar-refractivity contribution is 5.78. The number of hydrogen-bond donors (Lipinski definition) is 1. The molecule has 6 heteroatoms. The SMILES string of the molecule is CCc1nc(-c2ccc3nccn3c2)c(-c2ccc(F)c(F)c2)[nH]1. The van der Waals surface area contributed by atoms with Gasteiger partial charge in [0.05, 0.1) is 11.4 Å². The van der Waals surface area contributed by atoms with Gasteiger partial charge in [-0.15, -0.1) is 0 Å². The summed E-state index contributed by atoms with van der Waals surface area (Å²) >= 11 is 0. The van der Waals surface area contributed by atoms with Crippen molar-refractivity contribution in [2.45, 2.75) is 13.3 Å². The Morgan fingerprint density at radius 2 is 1.92 bits per heavy atom. The molecule has 0 fully saturated rings. The molecule has 0 unspecified atom stereocenters. The lowest BCUT2D eigenvalue weighted by molar-refractivity contribution is 0.509. The van der Waals surface area contributed by atoms with Gasteiger partial charge < -0.3 is 9.38 Å². The number of aromatic amines is 1. The topological polar surface area (TPSA) is 46.0 Å². The number of hydrogen-bond acceptors (Lipinski definition) is 2. The van der Waals surface area contributed by atoms with Gasteiger partial charge in [-0.1, -0.05) is 6.92 Å². The van der Waals surface area contributed by atoms with Gasteiger partial charge in [-0.2, -0.15) is 0 Å². The first kappa shape index (κ1) is 14.6. The number of fused-ring (bicyclic) bond motifs is 1. The summed E-state index contributed by atoms with van der Waals surface area (Å²) in [5, 5.41) is 0. The molecule has 0 spiro atoms. The Balaban J connectivity index is 1.91. The zero-order valence-electron chi connectivity index (χ0n) is 12.9. The van der Waals surface area contributed by atoms with E-state index in [0.717, 1.165) is 23.1 Å². The Labute approximate surface area is 136 Å². The molecule has 0 saturated carbocycles. The molecule has 3 aromatic heterocycles. The minimum absolute atomic E-state index is 0.557. The smallest absolute Gasteiger partial charge is 0.159 e. The van der Waals surface area contributed by atoms with Crippen LogP contribution in [0.15, 0.2) is 48.9 Å². The van der Waals surface area contributed by atoms with E-state index in [2.05, 4.69) is 15.0 Å². The van der Waals surface area contributed by atoms with Crippen molar-refractivity contribution in [3.63, 3.8) is 0 Å². The number of H-pyrrole nitrogens is 1. The van der Waals surface area contributed by atoms with Crippen LogP contribution in [-0.4, -0.2) is 19.4 Å². The second-order valence-electron chi connectivity index (χ2n) is 5.50. The van der Waals surface area contributed by atoms with Crippen molar-refractivity contribution in [3.05, 3.63) is 66.4 Å². The molecule has 0 bridgehead atoms. The van der Waals surface area contributed by atoms with Gasteiger partial charge in [0, 0.05) is 36.1 Å². The first-order chi connectivity index (χ1) is 11.7. The summed E-state index contributed by atoms with van der Waals surface area (Å²) in [6, 6.07) is 7.66. The molecule has 3 heterocycles. The summed E-state index contributed by atoms with van der Waals surface area (Å²) in [4.78, 5) is 12.0. The quantitative estimate of drug-likeness (QED) is 0.613. The second-order valence-corrected chi connectivity index (χ2v) is 5.50. The van der Waals surface area contributed by atoms with Crippen LogP contribution in [-0.2, 0) is 6.42 Å². The largest absolute Gasteiger partial charge is 0.341 e. The van der Waals surface area contributed by atoms with Crippen molar-refractivity contribution in [1.82, 2.24) is 19.4 Å². The highest BCUT2D eigenvalue weighted by atomic mass is 19.2. The molecule has 0 aliphatic carbocycles. The number of pyridine rings is 1. The molecule has 0 aliphatic heterocycles. The predicted octanol–water partition coefficient (Wildman–Crippen LogP) is 4.23. The molecule has 120 valence electrons. The number of nitrogens with one attached hydrogen (secondary N) is 1. The van der Waals surface area contributed by atoms with Crippen LogP contribution in [0.5, 0.6) is 0 Å². The number of aryl methyl sites for hydroxylation is 1. The van der Waals surface area contributed by atoms with E-state index in [1.807, 2.05) is 35.9 Å². The maximum Gasteiger partial charge on any atom is 0.159 e. The molecule has 4 rings (SSSR count). The molecule has 1 aromatic carbocycles. The first-order valence-corrected chi connectivity index (χ1v) is 7.63. The third kappa shape index (κ3) is 2.36.